The van der Waals surface area contributed by atoms with Gasteiger partial charge in [-0.1, -0.05) is 30.7 Å². The maximum absolute atomic E-state index is 13.7. The van der Waals surface area contributed by atoms with E-state index in [2.05, 4.69) is 4.90 Å². The van der Waals surface area contributed by atoms with Crippen LogP contribution in [0.25, 0.3) is 22.1 Å². The second kappa shape index (κ2) is 13.1. The number of rotatable bonds is 11. The summed E-state index contributed by atoms with van der Waals surface area (Å²) >= 11 is 0. The van der Waals surface area contributed by atoms with Crippen molar-refractivity contribution in [2.45, 2.75) is 25.7 Å². The molecule has 4 aromatic rings. The van der Waals surface area contributed by atoms with Crippen LogP contribution < -0.4 is 15.1 Å². The minimum atomic E-state index is -0.461. The van der Waals surface area contributed by atoms with Crippen LogP contribution in [0.1, 0.15) is 30.4 Å². The summed E-state index contributed by atoms with van der Waals surface area (Å²) in [7, 11) is 3.97. The van der Waals surface area contributed by atoms with Crippen molar-refractivity contribution < 1.29 is 18.3 Å². The minimum absolute atomic E-state index is 0.356. The lowest BCUT2D eigenvalue weighted by molar-refractivity contribution is 0.183. The van der Waals surface area contributed by atoms with Crippen LogP contribution in [0.2, 0.25) is 0 Å². The van der Waals surface area contributed by atoms with Crippen LogP contribution in [-0.2, 0) is 6.42 Å². The van der Waals surface area contributed by atoms with Gasteiger partial charge in [0, 0.05) is 24.5 Å². The average Bonchev–Trinajstić information content (AvgIpc) is 2.95. The van der Waals surface area contributed by atoms with Crippen molar-refractivity contribution >= 4 is 11.0 Å². The Bertz CT molecular complexity index is 1460. The molecule has 1 aromatic heterocycles. The van der Waals surface area contributed by atoms with E-state index in [1.165, 1.54) is 31.4 Å². The first-order valence-corrected chi connectivity index (χ1v) is 14.0. The van der Waals surface area contributed by atoms with Gasteiger partial charge in [0.15, 0.2) is 0 Å². The second-order valence-corrected chi connectivity index (χ2v) is 10.6. The molecule has 1 aliphatic rings. The predicted octanol–water partition coefficient (Wildman–Crippen LogP) is 6.00. The van der Waals surface area contributed by atoms with E-state index >= 15 is 0 Å². The standard InChI is InChI=1S/C33H37FN2O4/c1-35(2)18-20-39-28-14-15-29-30(32(33(37)40-31(29)23-28)25-8-10-26(34)11-9-25)22-24-6-12-27(13-7-24)38-21-19-36-16-4-3-5-17-36/h6-15,23H,3-5,16-22H2,1-2H3. The Morgan fingerprint density at radius 2 is 1.57 bits per heavy atom. The summed E-state index contributed by atoms with van der Waals surface area (Å²) in [4.78, 5) is 17.8. The van der Waals surface area contributed by atoms with Gasteiger partial charge in [-0.25, -0.2) is 9.18 Å². The molecule has 1 saturated heterocycles. The number of likely N-dealkylation sites (N-methyl/N-ethyl adjacent to an activating group) is 1. The molecule has 0 radical (unpaired) electrons. The van der Waals surface area contributed by atoms with Gasteiger partial charge in [-0.05, 0) is 99.5 Å². The topological polar surface area (TPSA) is 55.2 Å². The molecule has 0 amide bonds. The van der Waals surface area contributed by atoms with Crippen LogP contribution in [0.3, 0.4) is 0 Å². The molecule has 3 aromatic carbocycles. The monoisotopic (exact) mass is 544 g/mol. The molecule has 0 aliphatic carbocycles. The molecule has 1 aliphatic heterocycles. The summed E-state index contributed by atoms with van der Waals surface area (Å²) in [5.41, 5.74) is 2.93. The fraction of sp³-hybridized carbons (Fsp3) is 0.364. The van der Waals surface area contributed by atoms with E-state index in [0.29, 0.717) is 42.1 Å². The largest absolute Gasteiger partial charge is 0.492 e. The zero-order valence-corrected chi connectivity index (χ0v) is 23.3. The Kier molecular flexibility index (Phi) is 9.14. The molecule has 0 spiro atoms. The molecule has 0 bridgehead atoms. The molecule has 6 nitrogen and oxygen atoms in total. The summed E-state index contributed by atoms with van der Waals surface area (Å²) < 4.78 is 31.4. The molecule has 1 fully saturated rings. The number of likely N-dealkylation sites (tertiary alicyclic amines) is 1. The van der Waals surface area contributed by atoms with Crippen molar-refractivity contribution in [1.82, 2.24) is 9.80 Å². The number of halogens is 1. The van der Waals surface area contributed by atoms with E-state index in [4.69, 9.17) is 13.9 Å². The molecular formula is C33H37FN2O4. The first-order chi connectivity index (χ1) is 19.5. The van der Waals surface area contributed by atoms with Gasteiger partial charge in [0.1, 0.15) is 36.1 Å². The number of fused-ring (bicyclic) bond motifs is 1. The van der Waals surface area contributed by atoms with Gasteiger partial charge in [0.2, 0.25) is 0 Å². The Morgan fingerprint density at radius 1 is 0.875 bits per heavy atom. The summed E-state index contributed by atoms with van der Waals surface area (Å²) in [6.45, 7) is 5.21. The quantitative estimate of drug-likeness (QED) is 0.216. The molecule has 0 N–H and O–H groups in total. The summed E-state index contributed by atoms with van der Waals surface area (Å²) in [6, 6.07) is 19.6. The molecule has 0 saturated carbocycles. The number of benzene rings is 3. The van der Waals surface area contributed by atoms with Crippen LogP contribution in [0.4, 0.5) is 4.39 Å². The lowest BCUT2D eigenvalue weighted by Crippen LogP contribution is -2.33. The third-order valence-electron chi connectivity index (χ3n) is 7.36. The van der Waals surface area contributed by atoms with Crippen molar-refractivity contribution in [2.24, 2.45) is 0 Å². The molecule has 0 unspecified atom stereocenters. The summed E-state index contributed by atoms with van der Waals surface area (Å²) in [6.07, 6.45) is 4.37. The molecular weight excluding hydrogens is 507 g/mol. The van der Waals surface area contributed by atoms with Gasteiger partial charge in [0.25, 0.3) is 0 Å². The highest BCUT2D eigenvalue weighted by Gasteiger charge is 2.18. The van der Waals surface area contributed by atoms with Gasteiger partial charge in [-0.15, -0.1) is 0 Å². The lowest BCUT2D eigenvalue weighted by Gasteiger charge is -2.26. The Labute approximate surface area is 234 Å². The predicted molar refractivity (Wildman–Crippen MR) is 157 cm³/mol. The normalized spacial score (nSPS) is 14.1. The first-order valence-electron chi connectivity index (χ1n) is 14.0. The average molecular weight is 545 g/mol. The number of nitrogens with zero attached hydrogens (tertiary/aromatic N) is 2. The van der Waals surface area contributed by atoms with Crippen LogP contribution >= 0.6 is 0 Å². The van der Waals surface area contributed by atoms with E-state index in [1.54, 1.807) is 18.2 Å². The number of hydrogen-bond acceptors (Lipinski definition) is 6. The zero-order chi connectivity index (χ0) is 27.9. The lowest BCUT2D eigenvalue weighted by atomic mass is 9.93. The molecule has 7 heteroatoms. The van der Waals surface area contributed by atoms with E-state index in [0.717, 1.165) is 48.4 Å². The van der Waals surface area contributed by atoms with Crippen LogP contribution in [0, 0.1) is 5.82 Å². The smallest absolute Gasteiger partial charge is 0.344 e. The number of ether oxygens (including phenoxy) is 2. The van der Waals surface area contributed by atoms with Gasteiger partial charge in [-0.3, -0.25) is 4.90 Å². The molecule has 40 heavy (non-hydrogen) atoms. The Morgan fingerprint density at radius 3 is 2.30 bits per heavy atom. The second-order valence-electron chi connectivity index (χ2n) is 10.6. The highest BCUT2D eigenvalue weighted by atomic mass is 19.1. The third kappa shape index (κ3) is 7.09. The highest BCUT2D eigenvalue weighted by molar-refractivity contribution is 5.88. The summed E-state index contributed by atoms with van der Waals surface area (Å²) in [5.74, 6) is 1.12. The zero-order valence-electron chi connectivity index (χ0n) is 23.3. The fourth-order valence-corrected chi connectivity index (χ4v) is 5.16. The van der Waals surface area contributed by atoms with Crippen LogP contribution in [0.5, 0.6) is 11.5 Å². The van der Waals surface area contributed by atoms with Gasteiger partial charge >= 0.3 is 5.63 Å². The number of hydrogen-bond donors (Lipinski definition) is 0. The van der Waals surface area contributed by atoms with Crippen LogP contribution in [-0.4, -0.2) is 63.3 Å². The van der Waals surface area contributed by atoms with Gasteiger partial charge in [0.05, 0.1) is 5.56 Å². The van der Waals surface area contributed by atoms with Gasteiger partial charge < -0.3 is 18.8 Å². The van der Waals surface area contributed by atoms with E-state index in [1.807, 2.05) is 55.4 Å². The molecule has 0 atom stereocenters. The highest BCUT2D eigenvalue weighted by Crippen LogP contribution is 2.32. The van der Waals surface area contributed by atoms with E-state index in [9.17, 15) is 9.18 Å². The van der Waals surface area contributed by atoms with Crippen molar-refractivity contribution in [3.63, 3.8) is 0 Å². The van der Waals surface area contributed by atoms with E-state index in [-0.39, 0.29) is 5.82 Å². The minimum Gasteiger partial charge on any atom is -0.492 e. The fourth-order valence-electron chi connectivity index (χ4n) is 5.16. The SMILES string of the molecule is CN(C)CCOc1ccc2c(Cc3ccc(OCCN4CCCCC4)cc3)c(-c3ccc(F)cc3)c(=O)oc2c1. The van der Waals surface area contributed by atoms with Crippen molar-refractivity contribution in [2.75, 3.05) is 53.5 Å². The third-order valence-corrected chi connectivity index (χ3v) is 7.36. The number of piperidine rings is 1. The first kappa shape index (κ1) is 27.9. The molecule has 2 heterocycles. The summed E-state index contributed by atoms with van der Waals surface area (Å²) in [5, 5.41) is 0.820. The van der Waals surface area contributed by atoms with Crippen molar-refractivity contribution in [3.8, 4) is 22.6 Å². The molecule has 5 rings (SSSR count). The maximum Gasteiger partial charge on any atom is 0.344 e. The Hall–Kier alpha value is -3.68. The van der Waals surface area contributed by atoms with E-state index < -0.39 is 5.63 Å². The van der Waals surface area contributed by atoms with Crippen molar-refractivity contribution in [3.05, 3.63) is 94.1 Å². The maximum atomic E-state index is 13.7. The van der Waals surface area contributed by atoms with Crippen molar-refractivity contribution in [1.29, 1.82) is 0 Å². The van der Waals surface area contributed by atoms with Gasteiger partial charge in [-0.2, -0.15) is 0 Å². The van der Waals surface area contributed by atoms with Crippen LogP contribution in [0.15, 0.2) is 75.9 Å². The Balaban J connectivity index is 1.40. The molecule has 210 valence electrons.